The van der Waals surface area contributed by atoms with Gasteiger partial charge in [-0.15, -0.1) is 0 Å². The van der Waals surface area contributed by atoms with Gasteiger partial charge < -0.3 is 5.32 Å². The molecule has 0 saturated heterocycles. The Bertz CT molecular complexity index is 1130. The monoisotopic (exact) mass is 420 g/mol. The number of pyridine rings is 1. The second-order valence-corrected chi connectivity index (χ2v) is 8.59. The molecule has 2 nitrogen and oxygen atoms in total. The molecule has 1 heterocycles. The molecule has 4 rings (SSSR count). The molecule has 1 N–H and O–H groups in total. The first-order valence-electron chi connectivity index (χ1n) is 11.6. The molecule has 0 amide bonds. The van der Waals surface area contributed by atoms with E-state index < -0.39 is 0 Å². The van der Waals surface area contributed by atoms with Crippen LogP contribution in [-0.4, -0.2) is 4.98 Å². The van der Waals surface area contributed by atoms with E-state index in [9.17, 15) is 0 Å². The van der Waals surface area contributed by atoms with Gasteiger partial charge in [0, 0.05) is 11.3 Å². The van der Waals surface area contributed by atoms with Crippen LogP contribution in [-0.2, 0) is 6.42 Å². The van der Waals surface area contributed by atoms with Crippen molar-refractivity contribution < 1.29 is 0 Å². The van der Waals surface area contributed by atoms with Crippen LogP contribution in [0, 0.1) is 0 Å². The Morgan fingerprint density at radius 3 is 2.12 bits per heavy atom. The fraction of sp³-hybridized carbons (Fsp3) is 0.233. The van der Waals surface area contributed by atoms with Crippen molar-refractivity contribution >= 4 is 5.69 Å². The zero-order valence-corrected chi connectivity index (χ0v) is 19.3. The van der Waals surface area contributed by atoms with Crippen LogP contribution in [0.5, 0.6) is 0 Å². The van der Waals surface area contributed by atoms with E-state index in [0.29, 0.717) is 5.92 Å². The van der Waals surface area contributed by atoms with E-state index in [1.165, 1.54) is 22.4 Å². The topological polar surface area (TPSA) is 24.9 Å². The van der Waals surface area contributed by atoms with E-state index in [1.54, 1.807) is 0 Å². The van der Waals surface area contributed by atoms with Gasteiger partial charge in [0.1, 0.15) is 0 Å². The van der Waals surface area contributed by atoms with E-state index in [0.717, 1.165) is 29.8 Å². The number of nitrogens with zero attached hydrogens (tertiary/aromatic N) is 1. The summed E-state index contributed by atoms with van der Waals surface area (Å²) in [6, 6.07) is 34.1. The highest BCUT2D eigenvalue weighted by atomic mass is 15.0. The molecule has 0 aliphatic heterocycles. The Morgan fingerprint density at radius 1 is 0.750 bits per heavy atom. The van der Waals surface area contributed by atoms with E-state index in [4.69, 9.17) is 4.98 Å². The van der Waals surface area contributed by atoms with Crippen LogP contribution in [0.15, 0.2) is 97.1 Å². The average molecular weight is 421 g/mol. The summed E-state index contributed by atoms with van der Waals surface area (Å²) in [5.74, 6) is 0.439. The van der Waals surface area contributed by atoms with Gasteiger partial charge in [0.05, 0.1) is 17.4 Å². The predicted octanol–water partition coefficient (Wildman–Crippen LogP) is 8.03. The summed E-state index contributed by atoms with van der Waals surface area (Å²) in [6.07, 6.45) is 2.18. The van der Waals surface area contributed by atoms with Crippen LogP contribution in [0.2, 0.25) is 0 Å². The van der Waals surface area contributed by atoms with Crippen molar-refractivity contribution in [1.82, 2.24) is 4.98 Å². The first kappa shape index (κ1) is 21.8. The van der Waals surface area contributed by atoms with E-state index in [-0.39, 0.29) is 6.04 Å². The van der Waals surface area contributed by atoms with Gasteiger partial charge in [-0.25, -0.2) is 0 Å². The minimum Gasteiger partial charge on any atom is -0.372 e. The highest BCUT2D eigenvalue weighted by molar-refractivity contribution is 5.63. The summed E-state index contributed by atoms with van der Waals surface area (Å²) < 4.78 is 0. The second-order valence-electron chi connectivity index (χ2n) is 8.59. The summed E-state index contributed by atoms with van der Waals surface area (Å²) in [5, 5.41) is 3.93. The normalized spacial score (nSPS) is 12.0. The minimum atomic E-state index is -0.0321. The summed E-state index contributed by atoms with van der Waals surface area (Å²) in [5.41, 5.74) is 8.36. The second kappa shape index (κ2) is 10.3. The number of para-hydroxylation sites is 1. The van der Waals surface area contributed by atoms with Gasteiger partial charge in [-0.1, -0.05) is 112 Å². The van der Waals surface area contributed by atoms with Gasteiger partial charge in [-0.3, -0.25) is 4.98 Å². The molecule has 0 saturated carbocycles. The molecule has 1 atom stereocenters. The maximum absolute atomic E-state index is 5.10. The molecule has 1 unspecified atom stereocenters. The number of hydrogen-bond acceptors (Lipinski definition) is 2. The Hall–Kier alpha value is -3.39. The molecular weight excluding hydrogens is 388 g/mol. The van der Waals surface area contributed by atoms with Gasteiger partial charge in [0.2, 0.25) is 0 Å². The lowest BCUT2D eigenvalue weighted by atomic mass is 9.94. The molecule has 32 heavy (non-hydrogen) atoms. The molecule has 3 aromatic carbocycles. The van der Waals surface area contributed by atoms with Gasteiger partial charge in [0.25, 0.3) is 0 Å². The molecule has 0 spiro atoms. The molecule has 162 valence electrons. The van der Waals surface area contributed by atoms with Crippen LogP contribution in [0.25, 0.3) is 11.3 Å². The van der Waals surface area contributed by atoms with Gasteiger partial charge in [-0.2, -0.15) is 0 Å². The molecular formula is C30H32N2. The number of aromatic nitrogens is 1. The molecule has 0 aliphatic carbocycles. The Labute approximate surface area is 192 Å². The fourth-order valence-electron chi connectivity index (χ4n) is 4.25. The number of anilines is 1. The maximum Gasteiger partial charge on any atom is 0.0940 e. The minimum absolute atomic E-state index is 0.0321. The van der Waals surface area contributed by atoms with E-state index in [2.05, 4.69) is 117 Å². The van der Waals surface area contributed by atoms with Gasteiger partial charge >= 0.3 is 0 Å². The van der Waals surface area contributed by atoms with Crippen LogP contribution < -0.4 is 5.32 Å². The molecule has 0 aliphatic rings. The summed E-state index contributed by atoms with van der Waals surface area (Å²) in [6.45, 7) is 6.77. The van der Waals surface area contributed by atoms with E-state index >= 15 is 0 Å². The highest BCUT2D eigenvalue weighted by Crippen LogP contribution is 2.34. The summed E-state index contributed by atoms with van der Waals surface area (Å²) in [4.78, 5) is 5.10. The molecule has 1 aromatic heterocycles. The van der Waals surface area contributed by atoms with Crippen molar-refractivity contribution in [1.29, 1.82) is 0 Å². The number of rotatable bonds is 8. The molecule has 0 bridgehead atoms. The highest BCUT2D eigenvalue weighted by Gasteiger charge is 2.20. The van der Waals surface area contributed by atoms with Crippen LogP contribution in [0.1, 0.15) is 61.5 Å². The Balaban J connectivity index is 1.81. The largest absolute Gasteiger partial charge is 0.372 e. The zero-order chi connectivity index (χ0) is 22.3. The number of nitrogens with one attached hydrogen (secondary N) is 1. The third kappa shape index (κ3) is 4.91. The lowest BCUT2D eigenvalue weighted by molar-refractivity contribution is 0.831. The quantitative estimate of drug-likeness (QED) is 0.312. The fourth-order valence-corrected chi connectivity index (χ4v) is 4.25. The zero-order valence-electron chi connectivity index (χ0n) is 19.3. The molecule has 0 fully saturated rings. The SMILES string of the molecule is CCCc1cccc(C(C)C)c1NC(c1ccccc1)c1cccc(-c2ccccc2)n1. The average Bonchev–Trinajstić information content (AvgIpc) is 2.84. The van der Waals surface area contributed by atoms with Crippen LogP contribution >= 0.6 is 0 Å². The maximum atomic E-state index is 5.10. The standard InChI is InChI=1S/C30H32N2/c1-4-13-24-18-11-19-26(22(2)3)29(24)32-30(25-16-9-6-10-17-25)28-21-12-20-27(31-28)23-14-7-5-8-15-23/h5-12,14-22,30,32H,4,13H2,1-3H3. The smallest absolute Gasteiger partial charge is 0.0940 e. The Kier molecular flexibility index (Phi) is 7.01. The lowest BCUT2D eigenvalue weighted by Gasteiger charge is -2.26. The van der Waals surface area contributed by atoms with Crippen molar-refractivity contribution in [3.05, 3.63) is 119 Å². The van der Waals surface area contributed by atoms with Gasteiger partial charge in [0.15, 0.2) is 0 Å². The molecule has 0 radical (unpaired) electrons. The Morgan fingerprint density at radius 2 is 1.44 bits per heavy atom. The molecule has 4 aromatic rings. The first-order valence-corrected chi connectivity index (χ1v) is 11.6. The van der Waals surface area contributed by atoms with Crippen molar-refractivity contribution in [2.24, 2.45) is 0 Å². The van der Waals surface area contributed by atoms with Crippen LogP contribution in [0.4, 0.5) is 5.69 Å². The van der Waals surface area contributed by atoms with E-state index in [1.807, 2.05) is 6.07 Å². The summed E-state index contributed by atoms with van der Waals surface area (Å²) >= 11 is 0. The molecule has 2 heteroatoms. The third-order valence-corrected chi connectivity index (χ3v) is 5.88. The van der Waals surface area contributed by atoms with Crippen LogP contribution in [0.3, 0.4) is 0 Å². The van der Waals surface area contributed by atoms with Crippen molar-refractivity contribution in [3.8, 4) is 11.3 Å². The summed E-state index contributed by atoms with van der Waals surface area (Å²) in [7, 11) is 0. The number of aryl methyl sites for hydroxylation is 1. The first-order chi connectivity index (χ1) is 15.7. The number of benzene rings is 3. The predicted molar refractivity (Wildman–Crippen MR) is 136 cm³/mol. The van der Waals surface area contributed by atoms with Crippen molar-refractivity contribution in [2.45, 2.75) is 45.6 Å². The van der Waals surface area contributed by atoms with Crippen molar-refractivity contribution in [3.63, 3.8) is 0 Å². The van der Waals surface area contributed by atoms with Gasteiger partial charge in [-0.05, 0) is 41.2 Å². The third-order valence-electron chi connectivity index (χ3n) is 5.88. The van der Waals surface area contributed by atoms with Crippen molar-refractivity contribution in [2.75, 3.05) is 5.32 Å². The number of hydrogen-bond donors (Lipinski definition) is 1. The lowest BCUT2D eigenvalue weighted by Crippen LogP contribution is -2.17.